The minimum Gasteiger partial charge on any atom is -0.506 e. The molecule has 0 aliphatic carbocycles. The van der Waals surface area contributed by atoms with Gasteiger partial charge in [-0.25, -0.2) is 18.5 Å². The number of ketones is 1. The van der Waals surface area contributed by atoms with E-state index in [2.05, 4.69) is 0 Å². The Kier molecular flexibility index (Phi) is 4.82. The molecule has 1 aliphatic heterocycles. The number of phenolic OH excluding ortho intramolecular Hbond substituents is 1. The number of phenols is 1. The first kappa shape index (κ1) is 21.5. The molecule has 0 aromatic heterocycles. The molecule has 3 N–H and O–H groups in total. The highest BCUT2D eigenvalue weighted by Crippen LogP contribution is 2.38. The van der Waals surface area contributed by atoms with Crippen molar-refractivity contribution in [3.05, 3.63) is 101 Å². The van der Waals surface area contributed by atoms with E-state index in [1.807, 2.05) is 0 Å². The highest BCUT2D eigenvalue weighted by Gasteiger charge is 2.36. The van der Waals surface area contributed by atoms with E-state index in [1.165, 1.54) is 18.2 Å². The summed E-state index contributed by atoms with van der Waals surface area (Å²) in [7, 11) is -4.16. The number of benzene rings is 4. The third-order valence-corrected chi connectivity index (χ3v) is 6.62. The highest BCUT2D eigenvalue weighted by atomic mass is 32.2. The van der Waals surface area contributed by atoms with Crippen LogP contribution in [-0.4, -0.2) is 31.1 Å². The Morgan fingerprint density at radius 2 is 1.50 bits per heavy atom. The van der Waals surface area contributed by atoms with Gasteiger partial charge < -0.3 is 5.11 Å². The predicted molar refractivity (Wildman–Crippen MR) is 124 cm³/mol. The number of sulfonamides is 1. The number of aromatic hydroxyl groups is 1. The van der Waals surface area contributed by atoms with Gasteiger partial charge in [0, 0.05) is 27.6 Å². The molecule has 0 bridgehead atoms. The van der Waals surface area contributed by atoms with Gasteiger partial charge in [0.25, 0.3) is 11.8 Å². The molecular formula is C25H16N2O6S. The van der Waals surface area contributed by atoms with Crippen molar-refractivity contribution in [3.63, 3.8) is 0 Å². The van der Waals surface area contributed by atoms with Gasteiger partial charge in [-0.15, -0.1) is 0 Å². The molecule has 8 nitrogen and oxygen atoms in total. The van der Waals surface area contributed by atoms with Crippen molar-refractivity contribution >= 4 is 44.1 Å². The fraction of sp³-hybridized carbons (Fsp3) is 0. The van der Waals surface area contributed by atoms with Gasteiger partial charge in [0.05, 0.1) is 10.6 Å². The maximum Gasteiger partial charge on any atom is 0.266 e. The first-order valence-corrected chi connectivity index (χ1v) is 11.6. The zero-order valence-corrected chi connectivity index (χ0v) is 18.2. The van der Waals surface area contributed by atoms with Gasteiger partial charge in [-0.1, -0.05) is 42.5 Å². The molecule has 0 atom stereocenters. The van der Waals surface area contributed by atoms with Crippen LogP contribution >= 0.6 is 0 Å². The largest absolute Gasteiger partial charge is 0.506 e. The smallest absolute Gasteiger partial charge is 0.266 e. The average molecular weight is 472 g/mol. The Bertz CT molecular complexity index is 1620. The van der Waals surface area contributed by atoms with Crippen LogP contribution in [-0.2, 0) is 10.0 Å². The first-order chi connectivity index (χ1) is 16.2. The number of amides is 2. The third-order valence-electron chi connectivity index (χ3n) is 5.70. The normalized spacial score (nSPS) is 13.4. The average Bonchev–Trinajstić information content (AvgIpc) is 2.82. The van der Waals surface area contributed by atoms with Crippen LogP contribution in [0.4, 0.5) is 5.69 Å². The van der Waals surface area contributed by atoms with Gasteiger partial charge in [-0.2, -0.15) is 0 Å². The van der Waals surface area contributed by atoms with Crippen LogP contribution in [0, 0.1) is 0 Å². The lowest BCUT2D eigenvalue weighted by Crippen LogP contribution is -2.40. The Balaban J connectivity index is 1.70. The van der Waals surface area contributed by atoms with E-state index in [1.54, 1.807) is 42.5 Å². The summed E-state index contributed by atoms with van der Waals surface area (Å²) in [5.41, 5.74) is 0.752. The molecule has 168 valence electrons. The Morgan fingerprint density at radius 1 is 0.824 bits per heavy atom. The Morgan fingerprint density at radius 3 is 2.18 bits per heavy atom. The summed E-state index contributed by atoms with van der Waals surface area (Å²) in [4.78, 5) is 40.3. The molecule has 0 fully saturated rings. The zero-order chi connectivity index (χ0) is 24.2. The van der Waals surface area contributed by atoms with Crippen molar-refractivity contribution in [1.82, 2.24) is 0 Å². The molecule has 0 radical (unpaired) electrons. The number of rotatable bonds is 4. The van der Waals surface area contributed by atoms with Crippen LogP contribution in [0.3, 0.4) is 0 Å². The number of nitrogens with two attached hydrogens (primary N) is 1. The SMILES string of the molecule is NS(=O)(=O)c1ccc(O)c(N2C(=O)c3cccc4c(C(=O)c5ccccc5)ccc(c34)C2=O)c1. The molecule has 34 heavy (non-hydrogen) atoms. The number of anilines is 1. The summed E-state index contributed by atoms with van der Waals surface area (Å²) in [6.07, 6.45) is 0. The first-order valence-electron chi connectivity index (χ1n) is 10.1. The molecule has 1 aliphatic rings. The second-order valence-electron chi connectivity index (χ2n) is 7.73. The molecule has 9 heteroatoms. The zero-order valence-electron chi connectivity index (χ0n) is 17.4. The van der Waals surface area contributed by atoms with Crippen molar-refractivity contribution in [2.45, 2.75) is 4.90 Å². The van der Waals surface area contributed by atoms with Crippen LogP contribution in [0.2, 0.25) is 0 Å². The Labute approximate surface area is 193 Å². The molecule has 5 rings (SSSR count). The standard InChI is InChI=1S/C25H16N2O6S/c26-34(32,33)15-9-12-21(28)20(13-15)27-24(30)18-8-4-7-16-17(10-11-19(22(16)18)25(27)31)23(29)14-5-2-1-3-6-14/h1-13,28H,(H2,26,32,33). The van der Waals surface area contributed by atoms with Crippen molar-refractivity contribution in [2.24, 2.45) is 5.14 Å². The van der Waals surface area contributed by atoms with Crippen molar-refractivity contribution < 1.29 is 27.9 Å². The summed E-state index contributed by atoms with van der Waals surface area (Å²) in [5.74, 6) is -2.27. The minimum atomic E-state index is -4.16. The lowest BCUT2D eigenvalue weighted by atomic mass is 9.88. The van der Waals surface area contributed by atoms with Crippen LogP contribution in [0.5, 0.6) is 5.75 Å². The maximum atomic E-state index is 13.4. The quantitative estimate of drug-likeness (QED) is 0.346. The lowest BCUT2D eigenvalue weighted by molar-refractivity contribution is 0.0891. The predicted octanol–water partition coefficient (Wildman–Crippen LogP) is 3.22. The molecule has 0 spiro atoms. The van der Waals surface area contributed by atoms with Gasteiger partial charge >= 0.3 is 0 Å². The second-order valence-corrected chi connectivity index (χ2v) is 9.29. The summed E-state index contributed by atoms with van der Waals surface area (Å²) in [6.45, 7) is 0. The molecule has 0 saturated carbocycles. The maximum absolute atomic E-state index is 13.4. The van der Waals surface area contributed by atoms with Gasteiger partial charge in [0.2, 0.25) is 10.0 Å². The van der Waals surface area contributed by atoms with Crippen molar-refractivity contribution in [1.29, 1.82) is 0 Å². The molecule has 4 aromatic rings. The summed E-state index contributed by atoms with van der Waals surface area (Å²) < 4.78 is 23.6. The van der Waals surface area contributed by atoms with Gasteiger partial charge in [0.1, 0.15) is 5.75 Å². The number of carbonyl (C=O) groups excluding carboxylic acids is 3. The van der Waals surface area contributed by atoms with Gasteiger partial charge in [-0.3, -0.25) is 14.4 Å². The summed E-state index contributed by atoms with van der Waals surface area (Å²) in [6, 6.07) is 19.4. The van der Waals surface area contributed by atoms with Crippen molar-refractivity contribution in [3.8, 4) is 5.75 Å². The third kappa shape index (κ3) is 3.26. The van der Waals surface area contributed by atoms with Crippen LogP contribution in [0.1, 0.15) is 36.6 Å². The van der Waals surface area contributed by atoms with Crippen LogP contribution in [0.15, 0.2) is 83.8 Å². The number of nitrogens with zero attached hydrogens (tertiary/aromatic N) is 1. The molecular weight excluding hydrogens is 456 g/mol. The number of primary sulfonamides is 1. The molecule has 0 saturated heterocycles. The lowest BCUT2D eigenvalue weighted by Gasteiger charge is -2.28. The van der Waals surface area contributed by atoms with E-state index in [0.717, 1.165) is 18.2 Å². The van der Waals surface area contributed by atoms with E-state index in [-0.39, 0.29) is 27.5 Å². The van der Waals surface area contributed by atoms with Crippen LogP contribution in [0.25, 0.3) is 10.8 Å². The molecule has 4 aromatic carbocycles. The number of hydrogen-bond donors (Lipinski definition) is 2. The topological polar surface area (TPSA) is 135 Å². The van der Waals surface area contributed by atoms with E-state index in [4.69, 9.17) is 5.14 Å². The van der Waals surface area contributed by atoms with E-state index in [0.29, 0.717) is 26.8 Å². The number of carbonyl (C=O) groups is 3. The molecule has 1 heterocycles. The van der Waals surface area contributed by atoms with E-state index >= 15 is 0 Å². The van der Waals surface area contributed by atoms with Crippen LogP contribution < -0.4 is 10.0 Å². The monoisotopic (exact) mass is 472 g/mol. The highest BCUT2D eigenvalue weighted by molar-refractivity contribution is 7.89. The van der Waals surface area contributed by atoms with Gasteiger partial charge in [-0.05, 0) is 41.8 Å². The fourth-order valence-electron chi connectivity index (χ4n) is 4.12. The Hall–Kier alpha value is -4.34. The number of imide groups is 1. The van der Waals surface area contributed by atoms with E-state index < -0.39 is 27.6 Å². The summed E-state index contributed by atoms with van der Waals surface area (Å²) in [5, 5.41) is 16.3. The molecule has 0 unspecified atom stereocenters. The minimum absolute atomic E-state index is 0.134. The summed E-state index contributed by atoms with van der Waals surface area (Å²) >= 11 is 0. The second kappa shape index (κ2) is 7.62. The van der Waals surface area contributed by atoms with Crippen molar-refractivity contribution in [2.75, 3.05) is 4.90 Å². The van der Waals surface area contributed by atoms with E-state index in [9.17, 15) is 27.9 Å². The molecule has 2 amide bonds. The number of hydrogen-bond acceptors (Lipinski definition) is 6. The fourth-order valence-corrected chi connectivity index (χ4v) is 4.65. The van der Waals surface area contributed by atoms with Gasteiger partial charge in [0.15, 0.2) is 5.78 Å².